The van der Waals surface area contributed by atoms with Crippen LogP contribution in [0.25, 0.3) is 0 Å². The molecule has 0 spiro atoms. The van der Waals surface area contributed by atoms with Crippen LogP contribution in [0.15, 0.2) is 48.6 Å². The Hall–Kier alpha value is -2.03. The number of hydrogen-bond acceptors (Lipinski definition) is 7. The summed E-state index contributed by atoms with van der Waals surface area (Å²) in [6.07, 6.45) is 52.2. The van der Waals surface area contributed by atoms with E-state index in [4.69, 9.17) is 13.8 Å². The predicted molar refractivity (Wildman–Crippen MR) is 270 cm³/mol. The molecule has 3 atom stereocenters. The predicted octanol–water partition coefficient (Wildman–Crippen LogP) is 14.7. The fraction of sp³-hybridized carbons (Fsp3) is 0.815. The zero-order valence-corrected chi connectivity index (χ0v) is 43.4. The van der Waals surface area contributed by atoms with Crippen molar-refractivity contribution in [1.29, 1.82) is 0 Å². The first-order valence-corrected chi connectivity index (χ1v) is 27.9. The molecule has 0 heterocycles. The SMILES string of the molecule is CC/C=C/C=C/C=C\CCCCCCCC(=O)OC(/C=C/CCCCCCCCCCC)C(COP(=O)([O-])OCC[N+](C)(C)C)NC(=O)CCCCCCCCCCCCCCCC. The lowest BCUT2D eigenvalue weighted by molar-refractivity contribution is -0.870. The number of allylic oxidation sites excluding steroid dienone is 7. The quantitative estimate of drug-likeness (QED) is 0.0161. The number of hydrogen-bond donors (Lipinski definition) is 1. The number of nitrogens with one attached hydrogen (secondary N) is 1. The molecule has 0 saturated heterocycles. The summed E-state index contributed by atoms with van der Waals surface area (Å²) in [5.74, 6) is -0.563. The molecule has 0 aromatic carbocycles. The zero-order chi connectivity index (χ0) is 47.3. The number of phosphoric acid groups is 1. The number of amides is 1. The van der Waals surface area contributed by atoms with Crippen LogP contribution in [0.2, 0.25) is 0 Å². The second-order valence-corrected chi connectivity index (χ2v) is 20.5. The normalized spacial score (nSPS) is 14.3. The van der Waals surface area contributed by atoms with Crippen LogP contribution < -0.4 is 10.2 Å². The van der Waals surface area contributed by atoms with Gasteiger partial charge >= 0.3 is 5.97 Å². The highest BCUT2D eigenvalue weighted by atomic mass is 31.2. The van der Waals surface area contributed by atoms with Gasteiger partial charge in [-0.2, -0.15) is 0 Å². The summed E-state index contributed by atoms with van der Waals surface area (Å²) in [7, 11) is 1.17. The van der Waals surface area contributed by atoms with Gasteiger partial charge in [-0.3, -0.25) is 14.2 Å². The fourth-order valence-corrected chi connectivity index (χ4v) is 8.19. The Morgan fingerprint density at radius 1 is 0.562 bits per heavy atom. The fourth-order valence-electron chi connectivity index (χ4n) is 7.46. The van der Waals surface area contributed by atoms with E-state index >= 15 is 0 Å². The van der Waals surface area contributed by atoms with E-state index in [0.29, 0.717) is 23.9 Å². The number of rotatable bonds is 47. The Morgan fingerprint density at radius 3 is 1.48 bits per heavy atom. The number of nitrogens with zero attached hydrogens (tertiary/aromatic N) is 1. The third kappa shape index (κ3) is 45.1. The average Bonchev–Trinajstić information content (AvgIpc) is 3.25. The molecule has 0 radical (unpaired) electrons. The van der Waals surface area contributed by atoms with E-state index in [1.165, 1.54) is 116 Å². The minimum Gasteiger partial charge on any atom is -0.756 e. The molecular formula is C54H101N2O7P. The molecule has 374 valence electrons. The van der Waals surface area contributed by atoms with E-state index in [0.717, 1.165) is 77.0 Å². The maximum Gasteiger partial charge on any atom is 0.306 e. The average molecular weight is 921 g/mol. The number of esters is 1. The maximum absolute atomic E-state index is 13.4. The van der Waals surface area contributed by atoms with E-state index in [1.807, 2.05) is 39.4 Å². The van der Waals surface area contributed by atoms with Gasteiger partial charge in [0.1, 0.15) is 19.3 Å². The third-order valence-corrected chi connectivity index (χ3v) is 12.5. The molecule has 0 aliphatic heterocycles. The molecular weight excluding hydrogens is 820 g/mol. The summed E-state index contributed by atoms with van der Waals surface area (Å²) in [6.45, 7) is 6.68. The van der Waals surface area contributed by atoms with Crippen LogP contribution in [0.4, 0.5) is 0 Å². The molecule has 0 rings (SSSR count). The highest BCUT2D eigenvalue weighted by Crippen LogP contribution is 2.38. The molecule has 0 aromatic heterocycles. The van der Waals surface area contributed by atoms with Crippen molar-refractivity contribution in [2.75, 3.05) is 40.9 Å². The molecule has 1 N–H and O–H groups in total. The van der Waals surface area contributed by atoms with E-state index < -0.39 is 26.6 Å². The number of carbonyl (C=O) groups excluding carboxylic acids is 2. The first-order chi connectivity index (χ1) is 30.9. The van der Waals surface area contributed by atoms with E-state index in [-0.39, 0.29) is 24.9 Å². The lowest BCUT2D eigenvalue weighted by Gasteiger charge is -2.30. The molecule has 64 heavy (non-hydrogen) atoms. The number of quaternary nitrogens is 1. The Labute approximate surface area is 395 Å². The van der Waals surface area contributed by atoms with Gasteiger partial charge in [0.25, 0.3) is 7.82 Å². The van der Waals surface area contributed by atoms with Gasteiger partial charge in [0.2, 0.25) is 5.91 Å². The van der Waals surface area contributed by atoms with Crippen molar-refractivity contribution >= 4 is 19.7 Å². The van der Waals surface area contributed by atoms with Gasteiger partial charge in [-0.05, 0) is 51.0 Å². The summed E-state index contributed by atoms with van der Waals surface area (Å²) in [4.78, 5) is 39.7. The number of carbonyl (C=O) groups is 2. The molecule has 9 nitrogen and oxygen atoms in total. The minimum absolute atomic E-state index is 0.0253. The second kappa shape index (κ2) is 44.8. The summed E-state index contributed by atoms with van der Waals surface area (Å²) < 4.78 is 30.1. The van der Waals surface area contributed by atoms with Crippen molar-refractivity contribution in [2.45, 2.75) is 245 Å². The maximum atomic E-state index is 13.4. The number of likely N-dealkylation sites (N-methyl/N-ethyl adjacent to an activating group) is 1. The van der Waals surface area contributed by atoms with Crippen molar-refractivity contribution in [2.24, 2.45) is 0 Å². The number of phosphoric ester groups is 1. The summed E-state index contributed by atoms with van der Waals surface area (Å²) in [6, 6.07) is -0.891. The van der Waals surface area contributed by atoms with E-state index in [2.05, 4.69) is 56.5 Å². The van der Waals surface area contributed by atoms with Gasteiger partial charge < -0.3 is 28.5 Å². The summed E-state index contributed by atoms with van der Waals surface area (Å²) in [5.41, 5.74) is 0. The topological polar surface area (TPSA) is 114 Å². The molecule has 3 unspecified atom stereocenters. The molecule has 0 aliphatic carbocycles. The highest BCUT2D eigenvalue weighted by molar-refractivity contribution is 7.45. The molecule has 0 aromatic rings. The standard InChI is InChI=1S/C54H101N2O7P/c1-7-10-13-16-19-22-25-27-29-31-34-37-40-43-46-53(57)55-51(50-62-64(59,60)61-49-48-56(4,5)6)52(45-42-39-36-33-30-24-21-18-15-12-9-3)63-54(58)47-44-41-38-35-32-28-26-23-20-17-14-11-8-2/h11,14,17,20,23,26,42,45,51-52H,7-10,12-13,15-16,18-19,21-22,24-25,27-41,43-44,46-50H2,1-6H3,(H-,55,57,59,60)/b14-11+,20-17+,26-23-,45-42+. The van der Waals surface area contributed by atoms with Gasteiger partial charge in [-0.25, -0.2) is 0 Å². The molecule has 1 amide bonds. The van der Waals surface area contributed by atoms with Gasteiger partial charge in [-0.15, -0.1) is 0 Å². The van der Waals surface area contributed by atoms with Crippen molar-refractivity contribution < 1.29 is 37.3 Å². The summed E-state index contributed by atoms with van der Waals surface area (Å²) in [5, 5.41) is 3.01. The van der Waals surface area contributed by atoms with Gasteiger partial charge in [0, 0.05) is 12.8 Å². The molecule has 10 heteroatoms. The Bertz CT molecular complexity index is 1240. The van der Waals surface area contributed by atoms with Gasteiger partial charge in [0.15, 0.2) is 0 Å². The molecule has 0 saturated carbocycles. The second-order valence-electron chi connectivity index (χ2n) is 19.1. The highest BCUT2D eigenvalue weighted by Gasteiger charge is 2.27. The lowest BCUT2D eigenvalue weighted by atomic mass is 10.0. The smallest absolute Gasteiger partial charge is 0.306 e. The molecule has 0 bridgehead atoms. The minimum atomic E-state index is -4.69. The number of ether oxygens (including phenoxy) is 1. The van der Waals surface area contributed by atoms with Crippen molar-refractivity contribution in [1.82, 2.24) is 5.32 Å². The van der Waals surface area contributed by atoms with Gasteiger partial charge in [-0.1, -0.05) is 217 Å². The first-order valence-electron chi connectivity index (χ1n) is 26.5. The largest absolute Gasteiger partial charge is 0.756 e. The van der Waals surface area contributed by atoms with E-state index in [1.54, 1.807) is 0 Å². The van der Waals surface area contributed by atoms with Crippen molar-refractivity contribution in [3.63, 3.8) is 0 Å². The Morgan fingerprint density at radius 2 is 1.00 bits per heavy atom. The monoisotopic (exact) mass is 921 g/mol. The number of unbranched alkanes of at least 4 members (excludes halogenated alkanes) is 27. The van der Waals surface area contributed by atoms with Crippen LogP contribution in [0.1, 0.15) is 233 Å². The molecule has 0 fully saturated rings. The van der Waals surface area contributed by atoms with Crippen LogP contribution in [-0.2, 0) is 27.9 Å². The lowest BCUT2D eigenvalue weighted by Crippen LogP contribution is -2.47. The Balaban J connectivity index is 5.41. The van der Waals surface area contributed by atoms with E-state index in [9.17, 15) is 19.0 Å². The van der Waals surface area contributed by atoms with Crippen molar-refractivity contribution in [3.05, 3.63) is 48.6 Å². The van der Waals surface area contributed by atoms with Crippen LogP contribution >= 0.6 is 7.82 Å². The Kier molecular flexibility index (Phi) is 43.4. The van der Waals surface area contributed by atoms with Crippen molar-refractivity contribution in [3.8, 4) is 0 Å². The van der Waals surface area contributed by atoms with Crippen LogP contribution in [0.3, 0.4) is 0 Å². The van der Waals surface area contributed by atoms with Crippen LogP contribution in [-0.4, -0.2) is 69.4 Å². The first kappa shape index (κ1) is 62.0. The van der Waals surface area contributed by atoms with Gasteiger partial charge in [0.05, 0.1) is 33.8 Å². The zero-order valence-electron chi connectivity index (χ0n) is 42.5. The van der Waals surface area contributed by atoms with Crippen LogP contribution in [0.5, 0.6) is 0 Å². The van der Waals surface area contributed by atoms with Crippen LogP contribution in [0, 0.1) is 0 Å². The third-order valence-electron chi connectivity index (χ3n) is 11.6. The molecule has 0 aliphatic rings. The summed E-state index contributed by atoms with van der Waals surface area (Å²) >= 11 is 0.